The molecule has 0 spiro atoms. The van der Waals surface area contributed by atoms with Crippen LogP contribution in [0, 0.1) is 11.3 Å². The van der Waals surface area contributed by atoms with Crippen LogP contribution in [0.4, 0.5) is 4.53 Å². The van der Waals surface area contributed by atoms with Crippen molar-refractivity contribution >= 4 is 17.4 Å². The third kappa shape index (κ3) is 8.01. The van der Waals surface area contributed by atoms with E-state index in [0.717, 1.165) is 42.3 Å². The average molecular weight is 448 g/mol. The first-order valence-electron chi connectivity index (χ1n) is 11.8. The lowest BCUT2D eigenvalue weighted by Crippen LogP contribution is -2.25. The summed E-state index contributed by atoms with van der Waals surface area (Å²) < 4.78 is 12.1. The minimum absolute atomic E-state index is 0.179. The summed E-state index contributed by atoms with van der Waals surface area (Å²) in [5.74, 6) is 2.01. The van der Waals surface area contributed by atoms with Crippen molar-refractivity contribution in [1.29, 1.82) is 0 Å². The number of hydrogen-bond donors (Lipinski definition) is 1. The zero-order valence-corrected chi connectivity index (χ0v) is 19.7. The van der Waals surface area contributed by atoms with E-state index in [2.05, 4.69) is 40.6 Å². The van der Waals surface area contributed by atoms with Gasteiger partial charge in [0.05, 0.1) is 12.1 Å². The molecule has 0 amide bonds. The van der Waals surface area contributed by atoms with Crippen LogP contribution in [0.1, 0.15) is 78.0 Å². The molecule has 4 rings (SSSR count). The lowest BCUT2D eigenvalue weighted by atomic mass is 9.70. The predicted octanol–water partition coefficient (Wildman–Crippen LogP) is 6.19. The third-order valence-corrected chi connectivity index (χ3v) is 6.88. The number of carbonyl (C=O) groups is 1. The standard InChI is InChI=1S/C13H14FN3O.C11H22.CH2O2/c14-18-11-3-4-12-10(7-11)8-15-13(16-12)9-17-5-1-2-6-17;1-4-11(2,3)10-8-6-5-7-9-10;2-1-3/h3-4,7-8H,1-2,5-6,9H2;10H,4-9H2,1-3H3;1H,(H,2,3). The summed E-state index contributed by atoms with van der Waals surface area (Å²) >= 11 is 0. The van der Waals surface area contributed by atoms with E-state index in [1.54, 1.807) is 24.4 Å². The molecule has 1 aromatic carbocycles. The van der Waals surface area contributed by atoms with Gasteiger partial charge in [-0.15, -0.1) is 0 Å². The Morgan fingerprint density at radius 2 is 1.84 bits per heavy atom. The molecular formula is C25H38FN3O3. The summed E-state index contributed by atoms with van der Waals surface area (Å²) in [6.07, 6.45) is 13.0. The molecule has 2 aliphatic rings. The highest BCUT2D eigenvalue weighted by Crippen LogP contribution is 2.40. The van der Waals surface area contributed by atoms with E-state index in [4.69, 9.17) is 9.90 Å². The fourth-order valence-electron chi connectivity index (χ4n) is 4.49. The van der Waals surface area contributed by atoms with Crippen molar-refractivity contribution < 1.29 is 19.4 Å². The van der Waals surface area contributed by atoms with Crippen LogP contribution in [0.25, 0.3) is 10.9 Å². The van der Waals surface area contributed by atoms with Crippen molar-refractivity contribution in [3.8, 4) is 5.75 Å². The highest BCUT2D eigenvalue weighted by Gasteiger charge is 2.28. The number of aromatic nitrogens is 2. The van der Waals surface area contributed by atoms with Gasteiger partial charge in [0.25, 0.3) is 6.47 Å². The second kappa shape index (κ2) is 13.3. The second-order valence-electron chi connectivity index (χ2n) is 9.35. The van der Waals surface area contributed by atoms with Gasteiger partial charge in [0.15, 0.2) is 5.75 Å². The van der Waals surface area contributed by atoms with Crippen LogP contribution in [0.2, 0.25) is 0 Å². The molecule has 0 radical (unpaired) electrons. The molecule has 0 bridgehead atoms. The van der Waals surface area contributed by atoms with Gasteiger partial charge in [0, 0.05) is 16.1 Å². The minimum Gasteiger partial charge on any atom is -0.483 e. The number of rotatable bonds is 5. The SMILES string of the molecule is CCC(C)(C)C1CCCCC1.FOc1ccc2nc(CN3CCCC3)ncc2c1.O=CO. The summed E-state index contributed by atoms with van der Waals surface area (Å²) in [5.41, 5.74) is 1.43. The Morgan fingerprint density at radius 1 is 1.19 bits per heavy atom. The molecule has 7 heteroatoms. The molecule has 1 aromatic heterocycles. The van der Waals surface area contributed by atoms with Gasteiger partial charge in [0.2, 0.25) is 0 Å². The first-order chi connectivity index (χ1) is 15.4. The summed E-state index contributed by atoms with van der Waals surface area (Å²) in [6, 6.07) is 4.91. The minimum atomic E-state index is -0.250. The molecule has 2 heterocycles. The van der Waals surface area contributed by atoms with Gasteiger partial charge in [-0.2, -0.15) is 0 Å². The van der Waals surface area contributed by atoms with Gasteiger partial charge in [-0.3, -0.25) is 14.6 Å². The fourth-order valence-corrected chi connectivity index (χ4v) is 4.49. The topological polar surface area (TPSA) is 75.5 Å². The van der Waals surface area contributed by atoms with Gasteiger partial charge < -0.3 is 5.11 Å². The van der Waals surface area contributed by atoms with Crippen LogP contribution < -0.4 is 4.94 Å². The second-order valence-corrected chi connectivity index (χ2v) is 9.35. The van der Waals surface area contributed by atoms with Gasteiger partial charge >= 0.3 is 0 Å². The van der Waals surface area contributed by atoms with Gasteiger partial charge in [0.1, 0.15) is 5.82 Å². The lowest BCUT2D eigenvalue weighted by molar-refractivity contribution is -0.122. The van der Waals surface area contributed by atoms with Gasteiger partial charge in [-0.05, 0) is 68.3 Å². The van der Waals surface area contributed by atoms with Crippen molar-refractivity contribution in [2.24, 2.45) is 11.3 Å². The lowest BCUT2D eigenvalue weighted by Gasteiger charge is -2.36. The predicted molar refractivity (Wildman–Crippen MR) is 125 cm³/mol. The number of likely N-dealkylation sites (tertiary alicyclic amines) is 1. The Balaban J connectivity index is 0.000000222. The summed E-state index contributed by atoms with van der Waals surface area (Å²) in [5, 5.41) is 7.68. The highest BCUT2D eigenvalue weighted by molar-refractivity contribution is 5.79. The van der Waals surface area contributed by atoms with E-state index in [1.807, 2.05) is 0 Å². The first kappa shape index (κ1) is 26.0. The van der Waals surface area contributed by atoms with E-state index in [-0.39, 0.29) is 12.2 Å². The van der Waals surface area contributed by atoms with E-state index in [0.29, 0.717) is 5.41 Å². The number of nitrogens with zero attached hydrogens (tertiary/aromatic N) is 3. The highest BCUT2D eigenvalue weighted by atomic mass is 19.3. The van der Waals surface area contributed by atoms with Crippen molar-refractivity contribution in [2.45, 2.75) is 78.7 Å². The molecule has 1 saturated carbocycles. The molecule has 178 valence electrons. The Hall–Kier alpha value is -2.28. The fraction of sp³-hybridized carbons (Fsp3) is 0.640. The van der Waals surface area contributed by atoms with Crippen LogP contribution in [-0.2, 0) is 11.3 Å². The molecule has 32 heavy (non-hydrogen) atoms. The molecule has 0 atom stereocenters. The Morgan fingerprint density at radius 3 is 2.44 bits per heavy atom. The molecule has 1 N–H and O–H groups in total. The summed E-state index contributed by atoms with van der Waals surface area (Å²) in [7, 11) is 0. The molecule has 1 aliphatic heterocycles. The third-order valence-electron chi connectivity index (χ3n) is 6.88. The first-order valence-corrected chi connectivity index (χ1v) is 11.8. The number of carboxylic acid groups (broad SMARTS) is 1. The zero-order chi connectivity index (χ0) is 23.4. The van der Waals surface area contributed by atoms with E-state index >= 15 is 0 Å². The average Bonchev–Trinajstić information content (AvgIpc) is 3.33. The van der Waals surface area contributed by atoms with Crippen molar-refractivity contribution in [3.05, 3.63) is 30.2 Å². The van der Waals surface area contributed by atoms with E-state index in [1.165, 1.54) is 51.4 Å². The number of benzene rings is 1. The maximum atomic E-state index is 12.1. The van der Waals surface area contributed by atoms with Gasteiger partial charge in [-0.25, -0.2) is 9.97 Å². The van der Waals surface area contributed by atoms with Crippen molar-refractivity contribution in [2.75, 3.05) is 13.1 Å². The van der Waals surface area contributed by atoms with Crippen LogP contribution in [-0.4, -0.2) is 39.5 Å². The van der Waals surface area contributed by atoms with Crippen LogP contribution in [0.3, 0.4) is 0 Å². The molecule has 1 saturated heterocycles. The quantitative estimate of drug-likeness (QED) is 0.551. The summed E-state index contributed by atoms with van der Waals surface area (Å²) in [6.45, 7) is 9.98. The van der Waals surface area contributed by atoms with Crippen molar-refractivity contribution in [3.63, 3.8) is 0 Å². The van der Waals surface area contributed by atoms with Crippen LogP contribution in [0.5, 0.6) is 5.75 Å². The van der Waals surface area contributed by atoms with Crippen LogP contribution >= 0.6 is 0 Å². The van der Waals surface area contributed by atoms with Gasteiger partial charge in [-0.1, -0.05) is 46.5 Å². The van der Waals surface area contributed by atoms with Crippen LogP contribution in [0.15, 0.2) is 24.4 Å². The Kier molecular flexibility index (Phi) is 10.8. The monoisotopic (exact) mass is 447 g/mol. The van der Waals surface area contributed by atoms with E-state index in [9.17, 15) is 4.53 Å². The number of fused-ring (bicyclic) bond motifs is 1. The molecule has 2 fully saturated rings. The maximum Gasteiger partial charge on any atom is 0.290 e. The van der Waals surface area contributed by atoms with E-state index < -0.39 is 0 Å². The maximum absolute atomic E-state index is 12.1. The molecule has 0 unspecified atom stereocenters. The van der Waals surface area contributed by atoms with Crippen molar-refractivity contribution in [1.82, 2.24) is 14.9 Å². The number of hydrogen-bond acceptors (Lipinski definition) is 5. The Labute approximate surface area is 191 Å². The zero-order valence-electron chi connectivity index (χ0n) is 19.7. The molecule has 2 aromatic rings. The summed E-state index contributed by atoms with van der Waals surface area (Å²) in [4.78, 5) is 23.2. The molecule has 6 nitrogen and oxygen atoms in total. The molecular weight excluding hydrogens is 409 g/mol. The largest absolute Gasteiger partial charge is 0.483 e. The number of halogens is 1. The molecule has 1 aliphatic carbocycles. The Bertz CT molecular complexity index is 819. The normalized spacial score (nSPS) is 17.1. The smallest absolute Gasteiger partial charge is 0.290 e.